The number of carbonyl (C=O) groups excluding carboxylic acids is 1. The molecule has 3 N–H and O–H groups in total. The molecule has 7 rings (SSSR count). The van der Waals surface area contributed by atoms with Crippen LogP contribution < -0.4 is 16.0 Å². The number of hydrogen-bond donors (Lipinski definition) is 3. The van der Waals surface area contributed by atoms with Gasteiger partial charge in [0.2, 0.25) is 0 Å². The number of anilines is 2. The fourth-order valence-electron chi connectivity index (χ4n) is 5.18. The number of imidazole rings is 1. The third kappa shape index (κ3) is 4.95. The van der Waals surface area contributed by atoms with Crippen molar-refractivity contribution in [3.8, 4) is 17.1 Å². The standard InChI is InChI=1S/C32H27N9O/c1-20-18-41(19-38-20)31-27-17-37-30(40-28(27)8-10-35-31)25-7-9-33-14-23-15-36-29(12-26(23)25)22-11-24(16-34-13-22)39-32(42)21-5-3-2-4-6-21/h2-8,10-13,15-16,18-19,33H,9,14,17H2,1H3,(H,37,40)(H,39,42). The fraction of sp³-hybridized carbons (Fsp3) is 0.125. The Morgan fingerprint density at radius 2 is 1.93 bits per heavy atom. The maximum atomic E-state index is 12.7. The molecule has 10 heteroatoms. The van der Waals surface area contributed by atoms with Crippen LogP contribution in [0.15, 0.2) is 96.9 Å². The Bertz CT molecular complexity index is 1870. The molecule has 0 radical (unpaired) electrons. The first kappa shape index (κ1) is 25.5. The molecule has 0 bridgehead atoms. The van der Waals surface area contributed by atoms with Crippen molar-refractivity contribution in [3.05, 3.63) is 120 Å². The minimum atomic E-state index is -0.191. The molecule has 0 spiro atoms. The van der Waals surface area contributed by atoms with Gasteiger partial charge < -0.3 is 16.0 Å². The second kappa shape index (κ2) is 10.8. The lowest BCUT2D eigenvalue weighted by atomic mass is 9.97. The lowest BCUT2D eigenvalue weighted by Gasteiger charge is -2.23. The van der Waals surface area contributed by atoms with Gasteiger partial charge in [0.15, 0.2) is 0 Å². The first-order chi connectivity index (χ1) is 20.6. The maximum Gasteiger partial charge on any atom is 0.255 e. The molecule has 1 amide bonds. The molecule has 5 aromatic rings. The summed E-state index contributed by atoms with van der Waals surface area (Å²) in [6, 6.07) is 15.0. The summed E-state index contributed by atoms with van der Waals surface area (Å²) in [7, 11) is 0. The quantitative estimate of drug-likeness (QED) is 0.286. The number of aliphatic imine (C=N–C) groups is 1. The van der Waals surface area contributed by atoms with Crippen LogP contribution in [0, 0.1) is 6.92 Å². The molecule has 0 fully saturated rings. The number of rotatable bonds is 5. The third-order valence-corrected chi connectivity index (χ3v) is 7.26. The Balaban J connectivity index is 1.19. The number of pyridine rings is 3. The molecule has 6 heterocycles. The minimum Gasteiger partial charge on any atom is -0.340 e. The van der Waals surface area contributed by atoms with Crippen molar-refractivity contribution in [2.24, 2.45) is 4.99 Å². The molecule has 4 aromatic heterocycles. The van der Waals surface area contributed by atoms with Gasteiger partial charge >= 0.3 is 0 Å². The van der Waals surface area contributed by atoms with Crippen LogP contribution >= 0.6 is 0 Å². The molecule has 0 saturated carbocycles. The molecule has 0 aliphatic carbocycles. The van der Waals surface area contributed by atoms with E-state index in [2.05, 4.69) is 43.0 Å². The van der Waals surface area contributed by atoms with Crippen molar-refractivity contribution in [2.75, 3.05) is 17.2 Å². The van der Waals surface area contributed by atoms with E-state index in [1.54, 1.807) is 37.1 Å². The summed E-state index contributed by atoms with van der Waals surface area (Å²) in [5, 5.41) is 9.95. The van der Waals surface area contributed by atoms with Crippen LogP contribution in [-0.4, -0.2) is 42.8 Å². The van der Waals surface area contributed by atoms with Crippen LogP contribution in [0.25, 0.3) is 22.6 Å². The van der Waals surface area contributed by atoms with E-state index in [1.165, 1.54) is 0 Å². The van der Waals surface area contributed by atoms with E-state index in [-0.39, 0.29) is 5.91 Å². The monoisotopic (exact) mass is 553 g/mol. The van der Waals surface area contributed by atoms with Crippen molar-refractivity contribution in [1.29, 1.82) is 0 Å². The van der Waals surface area contributed by atoms with Crippen molar-refractivity contribution < 1.29 is 4.79 Å². The van der Waals surface area contributed by atoms with Crippen LogP contribution in [-0.2, 0) is 13.1 Å². The molecule has 0 saturated heterocycles. The smallest absolute Gasteiger partial charge is 0.255 e. The summed E-state index contributed by atoms with van der Waals surface area (Å²) in [5.41, 5.74) is 8.77. The normalized spacial score (nSPS) is 14.0. The van der Waals surface area contributed by atoms with Gasteiger partial charge in [0.1, 0.15) is 18.0 Å². The number of nitrogens with zero attached hydrogens (tertiary/aromatic N) is 6. The topological polar surface area (TPSA) is 122 Å². The maximum absolute atomic E-state index is 12.7. The molecule has 42 heavy (non-hydrogen) atoms. The second-order valence-corrected chi connectivity index (χ2v) is 10.1. The predicted octanol–water partition coefficient (Wildman–Crippen LogP) is 4.80. The number of benzene rings is 1. The average Bonchev–Trinajstić information content (AvgIpc) is 3.35. The van der Waals surface area contributed by atoms with E-state index in [0.717, 1.165) is 56.6 Å². The van der Waals surface area contributed by atoms with E-state index >= 15 is 0 Å². The van der Waals surface area contributed by atoms with Gasteiger partial charge in [0.25, 0.3) is 5.91 Å². The van der Waals surface area contributed by atoms with Gasteiger partial charge in [-0.05, 0) is 48.4 Å². The van der Waals surface area contributed by atoms with Crippen molar-refractivity contribution in [2.45, 2.75) is 20.0 Å². The summed E-state index contributed by atoms with van der Waals surface area (Å²) in [4.78, 5) is 35.7. The molecule has 2 aliphatic rings. The lowest BCUT2D eigenvalue weighted by molar-refractivity contribution is 0.102. The van der Waals surface area contributed by atoms with Crippen LogP contribution in [0.2, 0.25) is 0 Å². The zero-order valence-corrected chi connectivity index (χ0v) is 22.9. The highest BCUT2D eigenvalue weighted by Gasteiger charge is 2.23. The molecule has 10 nitrogen and oxygen atoms in total. The van der Waals surface area contributed by atoms with Crippen LogP contribution in [0.4, 0.5) is 11.4 Å². The van der Waals surface area contributed by atoms with Crippen molar-refractivity contribution in [3.63, 3.8) is 0 Å². The summed E-state index contributed by atoms with van der Waals surface area (Å²) in [5.74, 6) is 1.42. The van der Waals surface area contributed by atoms with Gasteiger partial charge in [-0.25, -0.2) is 9.97 Å². The molecule has 1 aromatic carbocycles. The number of hydrogen-bond acceptors (Lipinski definition) is 8. The Labute approximate surface area is 242 Å². The molecular weight excluding hydrogens is 526 g/mol. The molecule has 0 atom stereocenters. The minimum absolute atomic E-state index is 0.191. The largest absolute Gasteiger partial charge is 0.340 e. The summed E-state index contributed by atoms with van der Waals surface area (Å²) < 4.78 is 1.93. The Hall–Kier alpha value is -5.48. The average molecular weight is 554 g/mol. The number of aryl methyl sites for hydroxylation is 1. The van der Waals surface area contributed by atoms with E-state index in [0.29, 0.717) is 30.9 Å². The highest BCUT2D eigenvalue weighted by Crippen LogP contribution is 2.32. The van der Waals surface area contributed by atoms with Gasteiger partial charge in [-0.2, -0.15) is 0 Å². The van der Waals surface area contributed by atoms with E-state index in [9.17, 15) is 4.79 Å². The first-order valence-electron chi connectivity index (χ1n) is 13.6. The van der Waals surface area contributed by atoms with Crippen molar-refractivity contribution in [1.82, 2.24) is 29.8 Å². The molecular formula is C32H27N9O. The van der Waals surface area contributed by atoms with Gasteiger partial charge in [0.05, 0.1) is 29.8 Å². The predicted molar refractivity (Wildman–Crippen MR) is 162 cm³/mol. The Morgan fingerprint density at radius 1 is 1.02 bits per heavy atom. The number of amidine groups is 1. The molecule has 2 aliphatic heterocycles. The molecule has 206 valence electrons. The Kier molecular flexibility index (Phi) is 6.57. The lowest BCUT2D eigenvalue weighted by Crippen LogP contribution is -2.21. The zero-order valence-electron chi connectivity index (χ0n) is 22.9. The zero-order chi connectivity index (χ0) is 28.5. The van der Waals surface area contributed by atoms with Crippen LogP contribution in [0.5, 0.6) is 0 Å². The highest BCUT2D eigenvalue weighted by atomic mass is 16.1. The first-order valence-corrected chi connectivity index (χ1v) is 13.6. The third-order valence-electron chi connectivity index (χ3n) is 7.26. The molecule has 0 unspecified atom stereocenters. The second-order valence-electron chi connectivity index (χ2n) is 10.1. The summed E-state index contributed by atoms with van der Waals surface area (Å²) >= 11 is 0. The highest BCUT2D eigenvalue weighted by molar-refractivity contribution is 6.29. The Morgan fingerprint density at radius 3 is 2.79 bits per heavy atom. The number of aromatic nitrogens is 5. The fourth-order valence-corrected chi connectivity index (χ4v) is 5.18. The van der Waals surface area contributed by atoms with Crippen LogP contribution in [0.1, 0.15) is 32.7 Å². The van der Waals surface area contributed by atoms with E-state index in [1.807, 2.05) is 54.2 Å². The van der Waals surface area contributed by atoms with Crippen LogP contribution in [0.3, 0.4) is 0 Å². The summed E-state index contributed by atoms with van der Waals surface area (Å²) in [6.07, 6.45) is 13.0. The van der Waals surface area contributed by atoms with Gasteiger partial charge in [-0.15, -0.1) is 0 Å². The number of carbonyl (C=O) groups is 1. The van der Waals surface area contributed by atoms with Gasteiger partial charge in [-0.3, -0.25) is 24.3 Å². The number of nitrogens with one attached hydrogen (secondary N) is 3. The van der Waals surface area contributed by atoms with Gasteiger partial charge in [0, 0.05) is 65.8 Å². The van der Waals surface area contributed by atoms with Crippen molar-refractivity contribution >= 4 is 28.7 Å². The van der Waals surface area contributed by atoms with E-state index in [4.69, 9.17) is 9.98 Å². The SMILES string of the molecule is Cc1cn(-c2nccc3c2CN=C(C2=CCNCc4cnc(-c5cncc(NC(=O)c6ccccc6)c5)cc42)N3)cn1. The van der Waals surface area contributed by atoms with E-state index < -0.39 is 0 Å². The number of fused-ring (bicyclic) bond motifs is 2. The number of amides is 1. The summed E-state index contributed by atoms with van der Waals surface area (Å²) in [6.45, 7) is 3.83. The van der Waals surface area contributed by atoms with Gasteiger partial charge in [-0.1, -0.05) is 24.3 Å².